The minimum Gasteiger partial charge on any atom is -0.254 e. The first-order valence-electron chi connectivity index (χ1n) is 8.33. The fourth-order valence-corrected chi connectivity index (χ4v) is 3.87. The molecule has 0 amide bonds. The lowest BCUT2D eigenvalue weighted by molar-refractivity contribution is 0.402. The van der Waals surface area contributed by atoms with Crippen LogP contribution >= 0.6 is 0 Å². The van der Waals surface area contributed by atoms with Crippen LogP contribution in [0.4, 0.5) is 0 Å². The van der Waals surface area contributed by atoms with Gasteiger partial charge in [0.1, 0.15) is 0 Å². The van der Waals surface area contributed by atoms with Crippen LogP contribution in [0.25, 0.3) is 21.8 Å². The molecule has 0 spiro atoms. The van der Waals surface area contributed by atoms with Gasteiger partial charge in [0.25, 0.3) is 0 Å². The van der Waals surface area contributed by atoms with Gasteiger partial charge >= 0.3 is 0 Å². The van der Waals surface area contributed by atoms with Crippen molar-refractivity contribution in [2.45, 2.75) is 45.4 Å². The first-order chi connectivity index (χ1) is 10.6. The molecule has 0 aliphatic heterocycles. The van der Waals surface area contributed by atoms with Gasteiger partial charge in [-0.2, -0.15) is 0 Å². The summed E-state index contributed by atoms with van der Waals surface area (Å²) in [6.07, 6.45) is 4.39. The van der Waals surface area contributed by atoms with Crippen LogP contribution in [-0.2, 0) is 0 Å². The van der Waals surface area contributed by atoms with Crippen LogP contribution in [0.3, 0.4) is 0 Å². The van der Waals surface area contributed by atoms with E-state index in [4.69, 9.17) is 4.98 Å². The SMILES string of the molecule is CC(C)C1CC[C@@H](C)c2cc3ccc4cccnc4c3nc21. The van der Waals surface area contributed by atoms with Crippen molar-refractivity contribution >= 4 is 21.8 Å². The Balaban J connectivity index is 2.05. The fraction of sp³-hybridized carbons (Fsp3) is 0.400. The third kappa shape index (κ3) is 2.01. The van der Waals surface area contributed by atoms with Crippen molar-refractivity contribution in [3.05, 3.63) is 47.8 Å². The van der Waals surface area contributed by atoms with Crippen LogP contribution in [0, 0.1) is 5.92 Å². The molecule has 2 heteroatoms. The molecule has 1 aromatic carbocycles. The quantitative estimate of drug-likeness (QED) is 0.559. The van der Waals surface area contributed by atoms with Crippen molar-refractivity contribution in [1.29, 1.82) is 0 Å². The molecule has 0 N–H and O–H groups in total. The molecule has 1 aliphatic rings. The predicted octanol–water partition coefficient (Wildman–Crippen LogP) is 5.42. The van der Waals surface area contributed by atoms with E-state index >= 15 is 0 Å². The van der Waals surface area contributed by atoms with Crippen molar-refractivity contribution in [2.75, 3.05) is 0 Å². The average Bonchev–Trinajstić information content (AvgIpc) is 2.53. The number of fused-ring (bicyclic) bond motifs is 4. The van der Waals surface area contributed by atoms with Crippen molar-refractivity contribution in [3.63, 3.8) is 0 Å². The maximum Gasteiger partial charge on any atom is 0.0968 e. The van der Waals surface area contributed by atoms with E-state index in [9.17, 15) is 0 Å². The lowest BCUT2D eigenvalue weighted by Crippen LogP contribution is -2.18. The number of nitrogens with zero attached hydrogens (tertiary/aromatic N) is 2. The molecule has 2 nitrogen and oxygen atoms in total. The Kier molecular flexibility index (Phi) is 3.14. The zero-order valence-electron chi connectivity index (χ0n) is 13.5. The van der Waals surface area contributed by atoms with Crippen LogP contribution < -0.4 is 0 Å². The highest BCUT2D eigenvalue weighted by molar-refractivity contribution is 6.02. The number of benzene rings is 1. The predicted molar refractivity (Wildman–Crippen MR) is 92.3 cm³/mol. The summed E-state index contributed by atoms with van der Waals surface area (Å²) in [4.78, 5) is 9.72. The third-order valence-corrected chi connectivity index (χ3v) is 5.22. The van der Waals surface area contributed by atoms with Gasteiger partial charge in [0.15, 0.2) is 0 Å². The van der Waals surface area contributed by atoms with Gasteiger partial charge in [0, 0.05) is 28.6 Å². The third-order valence-electron chi connectivity index (χ3n) is 5.22. The molecule has 2 heterocycles. The highest BCUT2D eigenvalue weighted by Crippen LogP contribution is 2.42. The molecule has 2 atom stereocenters. The smallest absolute Gasteiger partial charge is 0.0968 e. The summed E-state index contributed by atoms with van der Waals surface area (Å²) in [7, 11) is 0. The van der Waals surface area contributed by atoms with E-state index in [1.165, 1.54) is 34.9 Å². The summed E-state index contributed by atoms with van der Waals surface area (Å²) in [5, 5.41) is 2.40. The molecule has 0 fully saturated rings. The minimum atomic E-state index is 0.578. The van der Waals surface area contributed by atoms with Gasteiger partial charge in [-0.15, -0.1) is 0 Å². The maximum absolute atomic E-state index is 5.13. The highest BCUT2D eigenvalue weighted by Gasteiger charge is 2.28. The molecule has 2 aromatic heterocycles. The zero-order valence-corrected chi connectivity index (χ0v) is 13.5. The van der Waals surface area contributed by atoms with Gasteiger partial charge in [-0.05, 0) is 42.4 Å². The molecule has 1 aliphatic carbocycles. The van der Waals surface area contributed by atoms with Crippen molar-refractivity contribution in [3.8, 4) is 0 Å². The second-order valence-electron chi connectivity index (χ2n) is 7.00. The van der Waals surface area contributed by atoms with Crippen LogP contribution in [-0.4, -0.2) is 9.97 Å². The Morgan fingerprint density at radius 2 is 1.86 bits per heavy atom. The summed E-state index contributed by atoms with van der Waals surface area (Å²) in [5.74, 6) is 1.83. The lowest BCUT2D eigenvalue weighted by atomic mass is 9.75. The van der Waals surface area contributed by atoms with E-state index in [1.807, 2.05) is 12.3 Å². The molecular formula is C20H22N2. The van der Waals surface area contributed by atoms with Gasteiger partial charge in [-0.1, -0.05) is 39.0 Å². The fourth-order valence-electron chi connectivity index (χ4n) is 3.87. The molecular weight excluding hydrogens is 268 g/mol. The summed E-state index contributed by atoms with van der Waals surface area (Å²) in [5.41, 5.74) is 4.87. The summed E-state index contributed by atoms with van der Waals surface area (Å²) in [6, 6.07) is 10.8. The van der Waals surface area contributed by atoms with E-state index < -0.39 is 0 Å². The van der Waals surface area contributed by atoms with E-state index in [1.54, 1.807) is 0 Å². The van der Waals surface area contributed by atoms with Gasteiger partial charge in [-0.3, -0.25) is 4.98 Å². The standard InChI is InChI=1S/C20H22N2/c1-12(2)16-9-6-13(3)17-11-15-8-7-14-5-4-10-21-18(14)19(15)22-20(16)17/h4-5,7-8,10-13,16H,6,9H2,1-3H3/t13-,16?/m1/s1. The highest BCUT2D eigenvalue weighted by atomic mass is 14.8. The van der Waals surface area contributed by atoms with E-state index in [0.29, 0.717) is 17.8 Å². The first-order valence-corrected chi connectivity index (χ1v) is 8.33. The number of hydrogen-bond donors (Lipinski definition) is 0. The molecule has 0 radical (unpaired) electrons. The van der Waals surface area contributed by atoms with Crippen LogP contribution in [0.5, 0.6) is 0 Å². The van der Waals surface area contributed by atoms with Gasteiger partial charge in [0.2, 0.25) is 0 Å². The molecule has 1 unspecified atom stereocenters. The average molecular weight is 290 g/mol. The van der Waals surface area contributed by atoms with Crippen LogP contribution in [0.15, 0.2) is 36.5 Å². The van der Waals surface area contributed by atoms with Gasteiger partial charge < -0.3 is 0 Å². The summed E-state index contributed by atoms with van der Waals surface area (Å²) in [6.45, 7) is 6.97. The van der Waals surface area contributed by atoms with Crippen LogP contribution in [0.1, 0.15) is 56.7 Å². The Bertz CT molecular complexity index is 851. The molecule has 0 bridgehead atoms. The molecule has 4 rings (SSSR count). The lowest BCUT2D eigenvalue weighted by Gasteiger charge is -2.31. The van der Waals surface area contributed by atoms with E-state index in [-0.39, 0.29) is 0 Å². The van der Waals surface area contributed by atoms with Gasteiger partial charge in [0.05, 0.1) is 11.0 Å². The topological polar surface area (TPSA) is 25.8 Å². The van der Waals surface area contributed by atoms with Crippen molar-refractivity contribution in [2.24, 2.45) is 5.92 Å². The second-order valence-corrected chi connectivity index (χ2v) is 7.00. The number of rotatable bonds is 1. The Morgan fingerprint density at radius 1 is 1.05 bits per heavy atom. The van der Waals surface area contributed by atoms with Crippen molar-refractivity contribution in [1.82, 2.24) is 9.97 Å². The van der Waals surface area contributed by atoms with Crippen molar-refractivity contribution < 1.29 is 0 Å². The molecule has 22 heavy (non-hydrogen) atoms. The summed E-state index contributed by atoms with van der Waals surface area (Å²) < 4.78 is 0. The first kappa shape index (κ1) is 13.7. The molecule has 3 aromatic rings. The second kappa shape index (κ2) is 5.05. The number of hydrogen-bond acceptors (Lipinski definition) is 2. The zero-order chi connectivity index (χ0) is 15.3. The maximum atomic E-state index is 5.13. The van der Waals surface area contributed by atoms with Crippen LogP contribution in [0.2, 0.25) is 0 Å². The van der Waals surface area contributed by atoms with E-state index in [0.717, 1.165) is 11.0 Å². The monoisotopic (exact) mass is 290 g/mol. The molecule has 112 valence electrons. The van der Waals surface area contributed by atoms with E-state index in [2.05, 4.69) is 50.0 Å². The molecule has 0 saturated carbocycles. The Hall–Kier alpha value is -1.96. The Morgan fingerprint density at radius 3 is 2.68 bits per heavy atom. The number of pyridine rings is 2. The minimum absolute atomic E-state index is 0.578. The Labute approximate surface area is 131 Å². The normalized spacial score (nSPS) is 21.5. The van der Waals surface area contributed by atoms with Gasteiger partial charge in [-0.25, -0.2) is 4.98 Å². The molecule has 0 saturated heterocycles. The largest absolute Gasteiger partial charge is 0.254 e. The summed E-state index contributed by atoms with van der Waals surface area (Å²) >= 11 is 0. The number of aromatic nitrogens is 2.